The van der Waals surface area contributed by atoms with E-state index in [0.29, 0.717) is 25.6 Å². The van der Waals surface area contributed by atoms with Crippen LogP contribution >= 0.6 is 35.7 Å². The van der Waals surface area contributed by atoms with Crippen LogP contribution in [0.5, 0.6) is 0 Å². The number of rotatable bonds is 10. The molecule has 0 aliphatic carbocycles. The van der Waals surface area contributed by atoms with Crippen LogP contribution in [0.25, 0.3) is 0 Å². The lowest BCUT2D eigenvalue weighted by Gasteiger charge is -2.22. The second-order valence-corrected chi connectivity index (χ2v) is 9.87. The van der Waals surface area contributed by atoms with E-state index in [1.54, 1.807) is 11.8 Å². The summed E-state index contributed by atoms with van der Waals surface area (Å²) in [5.74, 6) is 0.607. The van der Waals surface area contributed by atoms with Crippen LogP contribution in [0, 0.1) is 6.92 Å². The molecule has 0 saturated carbocycles. The zero-order valence-electron chi connectivity index (χ0n) is 18.1. The number of hydrogen-bond acceptors (Lipinski definition) is 5. The highest BCUT2D eigenvalue weighted by atomic mass is 127. The van der Waals surface area contributed by atoms with E-state index in [-0.39, 0.29) is 42.4 Å². The van der Waals surface area contributed by atoms with Crippen molar-refractivity contribution in [3.8, 4) is 0 Å². The van der Waals surface area contributed by atoms with Gasteiger partial charge in [-0.15, -0.1) is 35.7 Å². The van der Waals surface area contributed by atoms with Gasteiger partial charge in [-0.1, -0.05) is 12.1 Å². The van der Waals surface area contributed by atoms with Gasteiger partial charge in [0.15, 0.2) is 5.96 Å². The third-order valence-corrected chi connectivity index (χ3v) is 6.83. The quantitative estimate of drug-likeness (QED) is 0.174. The summed E-state index contributed by atoms with van der Waals surface area (Å²) in [7, 11) is -3.35. The lowest BCUT2D eigenvalue weighted by atomic mass is 10.1. The summed E-state index contributed by atoms with van der Waals surface area (Å²) in [5.41, 5.74) is 2.38. The number of halogens is 1. The Balaban J connectivity index is 0.00000450. The Labute approximate surface area is 202 Å². The molecule has 1 unspecified atom stereocenters. The first-order valence-corrected chi connectivity index (χ1v) is 13.1. The van der Waals surface area contributed by atoms with Gasteiger partial charge in [0.2, 0.25) is 10.0 Å². The first kappa shape index (κ1) is 27.5. The van der Waals surface area contributed by atoms with Crippen molar-refractivity contribution in [1.29, 1.82) is 0 Å². The average Bonchev–Trinajstić information content (AvgIpc) is 2.72. The molecule has 1 saturated heterocycles. The Hall–Kier alpha value is -0.560. The van der Waals surface area contributed by atoms with Gasteiger partial charge in [-0.3, -0.25) is 0 Å². The predicted octanol–water partition coefficient (Wildman–Crippen LogP) is 2.88. The normalized spacial score (nSPS) is 17.3. The van der Waals surface area contributed by atoms with Gasteiger partial charge in [0.1, 0.15) is 0 Å². The number of aliphatic imine (C=N–C) groups is 1. The van der Waals surface area contributed by atoms with Crippen LogP contribution in [0.2, 0.25) is 0 Å². The van der Waals surface area contributed by atoms with Gasteiger partial charge >= 0.3 is 0 Å². The van der Waals surface area contributed by atoms with Crippen molar-refractivity contribution in [1.82, 2.24) is 15.4 Å². The molecule has 1 fully saturated rings. The van der Waals surface area contributed by atoms with E-state index in [1.807, 2.05) is 6.92 Å². The Morgan fingerprint density at radius 3 is 2.77 bits per heavy atom. The maximum absolute atomic E-state index is 12.2. The van der Waals surface area contributed by atoms with E-state index in [2.05, 4.69) is 51.7 Å². The fourth-order valence-corrected chi connectivity index (χ4v) is 4.71. The van der Waals surface area contributed by atoms with Gasteiger partial charge in [-0.2, -0.15) is 0 Å². The maximum atomic E-state index is 12.2. The molecule has 0 bridgehead atoms. The number of ether oxygens (including phenoxy) is 1. The van der Waals surface area contributed by atoms with E-state index in [1.165, 1.54) is 10.5 Å². The Kier molecular flexibility index (Phi) is 13.3. The maximum Gasteiger partial charge on any atom is 0.213 e. The number of benzene rings is 1. The third kappa shape index (κ3) is 10.2. The lowest BCUT2D eigenvalue weighted by molar-refractivity contribution is 0.0200. The molecule has 0 aromatic heterocycles. The molecule has 30 heavy (non-hydrogen) atoms. The molecule has 0 spiro atoms. The van der Waals surface area contributed by atoms with Gasteiger partial charge in [-0.05, 0) is 56.6 Å². The van der Waals surface area contributed by atoms with Crippen LogP contribution < -0.4 is 15.4 Å². The van der Waals surface area contributed by atoms with E-state index in [4.69, 9.17) is 4.74 Å². The molecule has 3 N–H and O–H groups in total. The molecule has 1 aliphatic rings. The van der Waals surface area contributed by atoms with Crippen molar-refractivity contribution in [2.75, 3.05) is 38.2 Å². The van der Waals surface area contributed by atoms with E-state index < -0.39 is 10.0 Å². The molecule has 7 nitrogen and oxygen atoms in total. The average molecular weight is 571 g/mol. The van der Waals surface area contributed by atoms with Crippen molar-refractivity contribution in [3.63, 3.8) is 0 Å². The van der Waals surface area contributed by atoms with Crippen LogP contribution in [0.3, 0.4) is 0 Å². The van der Waals surface area contributed by atoms with E-state index >= 15 is 0 Å². The van der Waals surface area contributed by atoms with Crippen LogP contribution in [0.4, 0.5) is 0 Å². The van der Waals surface area contributed by atoms with E-state index in [0.717, 1.165) is 31.4 Å². The monoisotopic (exact) mass is 570 g/mol. The van der Waals surface area contributed by atoms with Crippen molar-refractivity contribution in [2.24, 2.45) is 4.99 Å². The topological polar surface area (TPSA) is 91.8 Å². The second-order valence-electron chi connectivity index (χ2n) is 7.09. The third-order valence-electron chi connectivity index (χ3n) is 4.66. The van der Waals surface area contributed by atoms with Crippen LogP contribution in [0.1, 0.15) is 37.3 Å². The highest BCUT2D eigenvalue weighted by molar-refractivity contribution is 14.0. The van der Waals surface area contributed by atoms with Gasteiger partial charge in [0.25, 0.3) is 0 Å². The summed E-state index contributed by atoms with van der Waals surface area (Å²) in [6, 6.07) is 6.33. The molecule has 1 aliphatic heterocycles. The Bertz CT molecular complexity index is 769. The lowest BCUT2D eigenvalue weighted by Crippen LogP contribution is -2.42. The molecule has 10 heteroatoms. The predicted molar refractivity (Wildman–Crippen MR) is 137 cm³/mol. The standard InChI is InChI=1S/C20H34N4O3S2.HI/c1-4-21-20(23-14-17-9-8-16(2)13-19(17)28-3)22-10-12-29(25,26)24-15-18-7-5-6-11-27-18;/h8-9,13,18,24H,4-7,10-12,14-15H2,1-3H3,(H2,21,22,23);1H. The van der Waals surface area contributed by atoms with Gasteiger partial charge in [-0.25, -0.2) is 18.1 Å². The molecule has 1 aromatic carbocycles. The van der Waals surface area contributed by atoms with Gasteiger partial charge in [0.05, 0.1) is 18.4 Å². The van der Waals surface area contributed by atoms with Gasteiger partial charge < -0.3 is 15.4 Å². The first-order chi connectivity index (χ1) is 13.9. The minimum atomic E-state index is -3.35. The second kappa shape index (κ2) is 14.5. The zero-order valence-corrected chi connectivity index (χ0v) is 22.0. The van der Waals surface area contributed by atoms with Crippen LogP contribution in [-0.2, 0) is 21.3 Å². The smallest absolute Gasteiger partial charge is 0.213 e. The van der Waals surface area contributed by atoms with E-state index in [9.17, 15) is 8.42 Å². The molecule has 1 aromatic rings. The zero-order chi connectivity index (χ0) is 21.1. The number of thioether (sulfide) groups is 1. The molecule has 2 rings (SSSR count). The molecular weight excluding hydrogens is 535 g/mol. The fourth-order valence-electron chi connectivity index (χ4n) is 3.05. The summed E-state index contributed by atoms with van der Waals surface area (Å²) in [5, 5.41) is 6.28. The minimum Gasteiger partial charge on any atom is -0.377 e. The summed E-state index contributed by atoms with van der Waals surface area (Å²) in [6.07, 6.45) is 5.11. The van der Waals surface area contributed by atoms with Crippen LogP contribution in [0.15, 0.2) is 28.1 Å². The number of guanidine groups is 1. The van der Waals surface area contributed by atoms with Crippen molar-refractivity contribution in [3.05, 3.63) is 29.3 Å². The highest BCUT2D eigenvalue weighted by Gasteiger charge is 2.17. The summed E-state index contributed by atoms with van der Waals surface area (Å²) >= 11 is 1.71. The highest BCUT2D eigenvalue weighted by Crippen LogP contribution is 2.22. The molecule has 172 valence electrons. The Morgan fingerprint density at radius 2 is 2.10 bits per heavy atom. The number of nitrogens with zero attached hydrogens (tertiary/aromatic N) is 1. The minimum absolute atomic E-state index is 0. The number of hydrogen-bond donors (Lipinski definition) is 3. The Morgan fingerprint density at radius 1 is 1.30 bits per heavy atom. The molecule has 1 heterocycles. The molecule has 0 amide bonds. The SMILES string of the molecule is CCNC(=NCc1ccc(C)cc1SC)NCCS(=O)(=O)NCC1CCCCO1.I. The number of aryl methyl sites for hydroxylation is 1. The summed E-state index contributed by atoms with van der Waals surface area (Å²) < 4.78 is 32.7. The molecular formula is C20H35IN4O3S2. The summed E-state index contributed by atoms with van der Waals surface area (Å²) in [6.45, 7) is 6.66. The van der Waals surface area contributed by atoms with Crippen molar-refractivity contribution < 1.29 is 13.2 Å². The van der Waals surface area contributed by atoms with Crippen molar-refractivity contribution in [2.45, 2.75) is 50.7 Å². The van der Waals surface area contributed by atoms with Crippen molar-refractivity contribution >= 4 is 51.7 Å². The van der Waals surface area contributed by atoms with Gasteiger partial charge in [0, 0.05) is 31.1 Å². The summed E-state index contributed by atoms with van der Waals surface area (Å²) in [4.78, 5) is 5.82. The fraction of sp³-hybridized carbons (Fsp3) is 0.650. The molecule has 1 atom stereocenters. The van der Waals surface area contributed by atoms with Crippen LogP contribution in [-0.4, -0.2) is 58.7 Å². The first-order valence-electron chi connectivity index (χ1n) is 10.2. The number of sulfonamides is 1. The number of nitrogens with one attached hydrogen (secondary N) is 3. The largest absolute Gasteiger partial charge is 0.377 e. The molecule has 0 radical (unpaired) electrons.